The van der Waals surface area contributed by atoms with Crippen LogP contribution in [0, 0.1) is 5.82 Å². The highest BCUT2D eigenvalue weighted by Crippen LogP contribution is 2.26. The quantitative estimate of drug-likeness (QED) is 0.282. The van der Waals surface area contributed by atoms with E-state index in [0.717, 1.165) is 5.56 Å². The maximum absolute atomic E-state index is 14.2. The summed E-state index contributed by atoms with van der Waals surface area (Å²) in [6.07, 6.45) is 1.33. The van der Waals surface area contributed by atoms with E-state index in [4.69, 9.17) is 17.3 Å². The Labute approximate surface area is 205 Å². The number of carbonyl (C=O) groups excluding carboxylic acids is 2. The van der Waals surface area contributed by atoms with Gasteiger partial charge in [-0.2, -0.15) is 15.4 Å². The Morgan fingerprint density at radius 2 is 1.89 bits per heavy atom. The molecule has 184 valence electrons. The number of nitrogens with zero attached hydrogens (tertiary/aromatic N) is 2. The van der Waals surface area contributed by atoms with Gasteiger partial charge in [0.05, 0.1) is 12.2 Å². The zero-order chi connectivity index (χ0) is 25.5. The Morgan fingerprint density at radius 1 is 1.17 bits per heavy atom. The Balaban J connectivity index is 1.81. The minimum absolute atomic E-state index is 0.0215. The Hall–Kier alpha value is -3.83. The molecule has 10 nitrogen and oxygen atoms in total. The van der Waals surface area contributed by atoms with Crippen LogP contribution in [0.3, 0.4) is 0 Å². The van der Waals surface area contributed by atoms with E-state index >= 15 is 0 Å². The number of halogens is 2. The number of aliphatic carboxylic acids is 1. The van der Waals surface area contributed by atoms with E-state index in [0.29, 0.717) is 16.1 Å². The number of aromatic nitrogens is 3. The van der Waals surface area contributed by atoms with Crippen LogP contribution in [-0.4, -0.2) is 56.4 Å². The van der Waals surface area contributed by atoms with E-state index in [9.17, 15) is 23.9 Å². The van der Waals surface area contributed by atoms with Crippen molar-refractivity contribution in [3.05, 3.63) is 70.8 Å². The molecule has 6 N–H and O–H groups in total. The van der Waals surface area contributed by atoms with Crippen molar-refractivity contribution < 1.29 is 23.9 Å². The number of hydrogen-bond acceptors (Lipinski definition) is 6. The fourth-order valence-electron chi connectivity index (χ4n) is 3.40. The van der Waals surface area contributed by atoms with Crippen LogP contribution >= 0.6 is 11.6 Å². The molecule has 0 aliphatic rings. The SMILES string of the molecule is C[C@H](N)C(=O)N[C@H](C[C@@H](Cc1ccc(-c2cc(Cl)ccc2F)cc1)NC(=O)c1cn[nH]n1)C(=O)O. The average Bonchev–Trinajstić information content (AvgIpc) is 3.36. The van der Waals surface area contributed by atoms with Gasteiger partial charge in [0.25, 0.3) is 5.91 Å². The molecule has 1 heterocycles. The highest BCUT2D eigenvalue weighted by Gasteiger charge is 2.27. The minimum atomic E-state index is -1.30. The number of amides is 2. The molecule has 2 aromatic carbocycles. The number of nitrogens with two attached hydrogens (primary N) is 1. The van der Waals surface area contributed by atoms with Crippen LogP contribution in [0.2, 0.25) is 5.02 Å². The van der Waals surface area contributed by atoms with Crippen LogP contribution in [0.5, 0.6) is 0 Å². The van der Waals surface area contributed by atoms with Gasteiger partial charge in [-0.1, -0.05) is 35.9 Å². The van der Waals surface area contributed by atoms with E-state index in [1.807, 2.05) is 0 Å². The number of carboxylic acid groups (broad SMARTS) is 1. The van der Waals surface area contributed by atoms with Crippen molar-refractivity contribution >= 4 is 29.4 Å². The van der Waals surface area contributed by atoms with Crippen molar-refractivity contribution in [2.45, 2.75) is 37.9 Å². The lowest BCUT2D eigenvalue weighted by molar-refractivity contribution is -0.142. The summed E-state index contributed by atoms with van der Waals surface area (Å²) in [5.41, 5.74) is 7.24. The van der Waals surface area contributed by atoms with Crippen LogP contribution in [0.4, 0.5) is 4.39 Å². The molecule has 3 aromatic rings. The second kappa shape index (κ2) is 11.5. The molecule has 0 bridgehead atoms. The summed E-state index contributed by atoms with van der Waals surface area (Å²) < 4.78 is 14.2. The molecule has 35 heavy (non-hydrogen) atoms. The summed E-state index contributed by atoms with van der Waals surface area (Å²) in [6, 6.07) is 8.23. The molecule has 0 saturated heterocycles. The second-order valence-corrected chi connectivity index (χ2v) is 8.41. The summed E-state index contributed by atoms with van der Waals surface area (Å²) in [6.45, 7) is 1.43. The van der Waals surface area contributed by atoms with Crippen LogP contribution < -0.4 is 16.4 Å². The molecule has 12 heteroatoms. The van der Waals surface area contributed by atoms with Gasteiger partial charge in [0.1, 0.15) is 11.9 Å². The molecule has 2 amide bonds. The van der Waals surface area contributed by atoms with E-state index in [1.165, 1.54) is 31.3 Å². The van der Waals surface area contributed by atoms with Crippen LogP contribution in [0.25, 0.3) is 11.1 Å². The Kier molecular flexibility index (Phi) is 8.50. The first-order chi connectivity index (χ1) is 16.6. The molecular formula is C23H24ClFN6O4. The number of aromatic amines is 1. The Morgan fingerprint density at radius 3 is 2.49 bits per heavy atom. The summed E-state index contributed by atoms with van der Waals surface area (Å²) in [5.74, 6) is -2.89. The lowest BCUT2D eigenvalue weighted by Crippen LogP contribution is -2.51. The fourth-order valence-corrected chi connectivity index (χ4v) is 3.57. The van der Waals surface area contributed by atoms with Gasteiger partial charge in [0, 0.05) is 16.6 Å². The predicted molar refractivity (Wildman–Crippen MR) is 126 cm³/mol. The predicted octanol–water partition coefficient (Wildman–Crippen LogP) is 1.91. The van der Waals surface area contributed by atoms with Gasteiger partial charge in [0.2, 0.25) is 5.91 Å². The number of carbonyl (C=O) groups is 3. The van der Waals surface area contributed by atoms with Crippen molar-refractivity contribution in [3.8, 4) is 11.1 Å². The number of carboxylic acids is 1. The van der Waals surface area contributed by atoms with Gasteiger partial charge < -0.3 is 21.5 Å². The van der Waals surface area contributed by atoms with Gasteiger partial charge >= 0.3 is 5.97 Å². The normalized spacial score (nSPS) is 13.5. The lowest BCUT2D eigenvalue weighted by atomic mass is 9.96. The number of nitrogens with one attached hydrogen (secondary N) is 3. The monoisotopic (exact) mass is 502 g/mol. The molecular weight excluding hydrogens is 479 g/mol. The van der Waals surface area contributed by atoms with Gasteiger partial charge in [-0.25, -0.2) is 9.18 Å². The smallest absolute Gasteiger partial charge is 0.326 e. The van der Waals surface area contributed by atoms with Gasteiger partial charge in [-0.3, -0.25) is 9.59 Å². The van der Waals surface area contributed by atoms with Gasteiger partial charge in [-0.05, 0) is 49.1 Å². The molecule has 3 rings (SSSR count). The first kappa shape index (κ1) is 25.8. The maximum atomic E-state index is 14.2. The van der Waals surface area contributed by atoms with E-state index in [2.05, 4.69) is 26.0 Å². The first-order valence-corrected chi connectivity index (χ1v) is 11.0. The van der Waals surface area contributed by atoms with Gasteiger partial charge in [0.15, 0.2) is 5.69 Å². The van der Waals surface area contributed by atoms with Crippen molar-refractivity contribution in [1.82, 2.24) is 26.0 Å². The van der Waals surface area contributed by atoms with Crippen molar-refractivity contribution in [1.29, 1.82) is 0 Å². The molecule has 0 aliphatic heterocycles. The number of H-pyrrole nitrogens is 1. The number of benzene rings is 2. The van der Waals surface area contributed by atoms with Crippen molar-refractivity contribution in [3.63, 3.8) is 0 Å². The lowest BCUT2D eigenvalue weighted by Gasteiger charge is -2.23. The Bertz CT molecular complexity index is 1190. The summed E-state index contributed by atoms with van der Waals surface area (Å²) >= 11 is 5.98. The molecule has 0 unspecified atom stereocenters. The standard InChI is InChI=1S/C23H24ClFN6O4/c1-12(26)21(32)29-19(23(34)35)10-16(28-22(33)20-11-27-31-30-20)8-13-2-4-14(5-3-13)17-9-15(24)6-7-18(17)25/h2-7,9,11-12,16,19H,8,10,26H2,1H3,(H,28,33)(H,29,32)(H,34,35)(H,27,30,31)/t12-,16+,19+/m0/s1. The molecule has 3 atom stereocenters. The second-order valence-electron chi connectivity index (χ2n) is 7.97. The zero-order valence-corrected chi connectivity index (χ0v) is 19.4. The van der Waals surface area contributed by atoms with E-state index in [1.54, 1.807) is 24.3 Å². The highest BCUT2D eigenvalue weighted by atomic mass is 35.5. The molecule has 0 aliphatic carbocycles. The molecule has 1 aromatic heterocycles. The van der Waals surface area contributed by atoms with Crippen molar-refractivity contribution in [2.24, 2.45) is 5.73 Å². The van der Waals surface area contributed by atoms with Gasteiger partial charge in [-0.15, -0.1) is 0 Å². The third-order valence-corrected chi connectivity index (χ3v) is 5.44. The maximum Gasteiger partial charge on any atom is 0.326 e. The fraction of sp³-hybridized carbons (Fsp3) is 0.261. The van der Waals surface area contributed by atoms with E-state index in [-0.39, 0.29) is 18.5 Å². The zero-order valence-electron chi connectivity index (χ0n) is 18.7. The first-order valence-electron chi connectivity index (χ1n) is 10.6. The van der Waals surface area contributed by atoms with E-state index < -0.39 is 41.7 Å². The molecule has 0 radical (unpaired) electrons. The largest absolute Gasteiger partial charge is 0.480 e. The topological polar surface area (TPSA) is 163 Å². The highest BCUT2D eigenvalue weighted by molar-refractivity contribution is 6.30. The summed E-state index contributed by atoms with van der Waals surface area (Å²) in [4.78, 5) is 36.3. The molecule has 0 fully saturated rings. The van der Waals surface area contributed by atoms with Crippen LogP contribution in [0.1, 0.15) is 29.4 Å². The summed E-state index contributed by atoms with van der Waals surface area (Å²) in [7, 11) is 0. The van der Waals surface area contributed by atoms with Crippen molar-refractivity contribution in [2.75, 3.05) is 0 Å². The van der Waals surface area contributed by atoms with Crippen LogP contribution in [-0.2, 0) is 16.0 Å². The third-order valence-electron chi connectivity index (χ3n) is 5.21. The third kappa shape index (κ3) is 7.08. The molecule has 0 spiro atoms. The number of hydrogen-bond donors (Lipinski definition) is 5. The summed E-state index contributed by atoms with van der Waals surface area (Å²) in [5, 5.41) is 24.8. The number of rotatable bonds is 10. The average molecular weight is 503 g/mol. The van der Waals surface area contributed by atoms with Crippen LogP contribution in [0.15, 0.2) is 48.7 Å². The molecule has 0 saturated carbocycles. The minimum Gasteiger partial charge on any atom is -0.480 e.